The molecular weight excluding hydrogens is 462 g/mol. The number of hydrogen-bond donors (Lipinski definition) is 2. The molecule has 1 atom stereocenters. The van der Waals surface area contributed by atoms with Crippen molar-refractivity contribution in [2.24, 2.45) is 0 Å². The lowest BCUT2D eigenvalue weighted by atomic mass is 9.99. The third-order valence-electron chi connectivity index (χ3n) is 4.89. The number of imidazole rings is 1. The molecule has 1 aliphatic rings. The lowest BCUT2D eigenvalue weighted by Gasteiger charge is -2.23. The van der Waals surface area contributed by atoms with Crippen LogP contribution in [0.1, 0.15) is 58.0 Å². The smallest absolute Gasteiger partial charge is 0.353 e. The summed E-state index contributed by atoms with van der Waals surface area (Å²) in [6.45, 7) is 8.64. The van der Waals surface area contributed by atoms with Crippen LogP contribution in [-0.2, 0) is 25.4 Å². The van der Waals surface area contributed by atoms with Crippen molar-refractivity contribution in [3.05, 3.63) is 40.3 Å². The number of halogens is 1. The molecule has 3 rings (SSSR count). The van der Waals surface area contributed by atoms with E-state index in [4.69, 9.17) is 24.6 Å². The lowest BCUT2D eigenvalue weighted by molar-refractivity contribution is -0.177. The summed E-state index contributed by atoms with van der Waals surface area (Å²) in [4.78, 5) is 20.7. The minimum Gasteiger partial charge on any atom is -0.455 e. The van der Waals surface area contributed by atoms with Gasteiger partial charge in [0.05, 0.1) is 24.8 Å². The number of carbonyl (C=O) groups is 1. The van der Waals surface area contributed by atoms with Crippen LogP contribution in [0, 0.1) is 5.41 Å². The number of nitrogens with zero attached hydrogens (tertiary/aromatic N) is 1. The molecule has 1 aromatic carbocycles. The van der Waals surface area contributed by atoms with Gasteiger partial charge in [-0.05, 0) is 45.7 Å². The van der Waals surface area contributed by atoms with Crippen molar-refractivity contribution >= 4 is 27.6 Å². The Balaban J connectivity index is 1.93. The van der Waals surface area contributed by atoms with Crippen LogP contribution in [0.3, 0.4) is 0 Å². The Kier molecular flexibility index (Phi) is 7.67. The minimum absolute atomic E-state index is 0.106. The fourth-order valence-electron chi connectivity index (χ4n) is 3.42. The summed E-state index contributed by atoms with van der Waals surface area (Å²) in [5.41, 5.74) is 1.81. The molecule has 0 spiro atoms. The summed E-state index contributed by atoms with van der Waals surface area (Å²) >= 11 is 3.47. The summed E-state index contributed by atoms with van der Waals surface area (Å²) in [5.74, 6) is -0.547. The van der Waals surface area contributed by atoms with Gasteiger partial charge < -0.3 is 19.2 Å². The Morgan fingerprint density at radius 2 is 1.94 bits per heavy atom. The first-order valence-electron chi connectivity index (χ1n) is 10.6. The van der Waals surface area contributed by atoms with Crippen LogP contribution in [0.15, 0.2) is 28.7 Å². The second-order valence-corrected chi connectivity index (χ2v) is 9.48. The zero-order valence-corrected chi connectivity index (χ0v) is 20.0. The molecule has 1 aliphatic heterocycles. The van der Waals surface area contributed by atoms with Gasteiger partial charge in [0.2, 0.25) is 0 Å². The fraction of sp³-hybridized carbons (Fsp3) is 0.522. The summed E-state index contributed by atoms with van der Waals surface area (Å²) < 4.78 is 17.9. The number of benzene rings is 1. The molecule has 8 heteroatoms. The molecule has 1 aromatic heterocycles. The first-order valence-corrected chi connectivity index (χ1v) is 11.4. The van der Waals surface area contributed by atoms with Crippen molar-refractivity contribution < 1.29 is 19.0 Å². The van der Waals surface area contributed by atoms with E-state index in [1.807, 2.05) is 31.2 Å². The van der Waals surface area contributed by atoms with E-state index in [1.54, 1.807) is 20.8 Å². The Morgan fingerprint density at radius 1 is 1.29 bits per heavy atom. The van der Waals surface area contributed by atoms with E-state index in [9.17, 15) is 4.79 Å². The largest absolute Gasteiger partial charge is 0.455 e. The molecule has 1 saturated heterocycles. The maximum Gasteiger partial charge on any atom is 0.353 e. The van der Waals surface area contributed by atoms with Gasteiger partial charge in [-0.15, -0.1) is 0 Å². The number of nitrogens with one attached hydrogen (secondary N) is 2. The highest BCUT2D eigenvalue weighted by atomic mass is 79.9. The average Bonchev–Trinajstić information content (AvgIpc) is 3.12. The van der Waals surface area contributed by atoms with Crippen LogP contribution in [0.4, 0.5) is 0 Å². The molecular formula is C23H30BrN3O4. The Bertz CT molecular complexity index is 912. The van der Waals surface area contributed by atoms with E-state index in [0.29, 0.717) is 31.9 Å². The van der Waals surface area contributed by atoms with Crippen LogP contribution < -0.4 is 0 Å². The van der Waals surface area contributed by atoms with Crippen LogP contribution in [0.25, 0.3) is 11.3 Å². The number of hydrogen-bond acceptors (Lipinski definition) is 6. The molecule has 0 aliphatic carbocycles. The SMILES string of the molecule is CC[C@@H](C(=N)C(=O)OC(C)(C)C)c1nc(-c2ccc(Br)cc2)c(CC2OCCCO2)[nH]1. The Labute approximate surface area is 191 Å². The third-order valence-corrected chi connectivity index (χ3v) is 5.42. The topological polar surface area (TPSA) is 97.3 Å². The summed E-state index contributed by atoms with van der Waals surface area (Å²) in [7, 11) is 0. The standard InChI is InChI=1S/C23H30BrN3O4/c1-5-16(19(25)22(28)31-23(2,3)4)21-26-17(13-18-29-11-6-12-30-18)20(27-21)14-7-9-15(24)10-8-14/h7-10,16,18,25H,5-6,11-13H2,1-4H3,(H,26,27)/t16-/m0/s1. The molecule has 2 N–H and O–H groups in total. The molecule has 0 saturated carbocycles. The molecule has 0 bridgehead atoms. The predicted octanol–water partition coefficient (Wildman–Crippen LogP) is 5.00. The van der Waals surface area contributed by atoms with Crippen molar-refractivity contribution in [3.8, 4) is 11.3 Å². The Hall–Kier alpha value is -2.03. The van der Waals surface area contributed by atoms with Crippen molar-refractivity contribution in [3.63, 3.8) is 0 Å². The van der Waals surface area contributed by atoms with Crippen molar-refractivity contribution in [2.45, 2.75) is 64.8 Å². The quantitative estimate of drug-likeness (QED) is 0.419. The summed E-state index contributed by atoms with van der Waals surface area (Å²) in [5, 5.41) is 8.44. The third kappa shape index (κ3) is 6.24. The molecule has 0 amide bonds. The number of ether oxygens (including phenoxy) is 3. The number of aromatic amines is 1. The van der Waals surface area contributed by atoms with Gasteiger partial charge in [0.1, 0.15) is 17.1 Å². The average molecular weight is 492 g/mol. The molecule has 0 unspecified atom stereocenters. The minimum atomic E-state index is -0.658. The monoisotopic (exact) mass is 491 g/mol. The summed E-state index contributed by atoms with van der Waals surface area (Å²) in [6, 6.07) is 7.88. The number of rotatable bonds is 7. The number of carbonyl (C=O) groups excluding carboxylic acids is 1. The van der Waals surface area contributed by atoms with Gasteiger partial charge in [-0.2, -0.15) is 0 Å². The van der Waals surface area contributed by atoms with E-state index >= 15 is 0 Å². The van der Waals surface area contributed by atoms with Gasteiger partial charge in [-0.3, -0.25) is 5.41 Å². The molecule has 2 heterocycles. The highest BCUT2D eigenvalue weighted by Gasteiger charge is 2.30. The van der Waals surface area contributed by atoms with E-state index in [0.717, 1.165) is 27.8 Å². The van der Waals surface area contributed by atoms with E-state index in [2.05, 4.69) is 20.9 Å². The molecule has 2 aromatic rings. The van der Waals surface area contributed by atoms with E-state index in [-0.39, 0.29) is 12.0 Å². The van der Waals surface area contributed by atoms with Crippen molar-refractivity contribution in [2.75, 3.05) is 13.2 Å². The van der Waals surface area contributed by atoms with Crippen LogP contribution in [0.2, 0.25) is 0 Å². The van der Waals surface area contributed by atoms with E-state index < -0.39 is 17.5 Å². The molecule has 0 radical (unpaired) electrons. The molecule has 7 nitrogen and oxygen atoms in total. The molecule has 1 fully saturated rings. The van der Waals surface area contributed by atoms with Gasteiger partial charge in [0.25, 0.3) is 0 Å². The predicted molar refractivity (Wildman–Crippen MR) is 122 cm³/mol. The first kappa shape index (κ1) is 23.6. The molecule has 31 heavy (non-hydrogen) atoms. The second-order valence-electron chi connectivity index (χ2n) is 8.56. The van der Waals surface area contributed by atoms with Crippen LogP contribution in [0.5, 0.6) is 0 Å². The highest BCUT2D eigenvalue weighted by Crippen LogP contribution is 2.29. The maximum absolute atomic E-state index is 12.5. The number of aromatic nitrogens is 2. The van der Waals surface area contributed by atoms with Crippen LogP contribution >= 0.6 is 15.9 Å². The van der Waals surface area contributed by atoms with Gasteiger partial charge >= 0.3 is 5.97 Å². The van der Waals surface area contributed by atoms with Crippen molar-refractivity contribution in [1.82, 2.24) is 9.97 Å². The van der Waals surface area contributed by atoms with Gasteiger partial charge in [0.15, 0.2) is 6.29 Å². The number of esters is 1. The Morgan fingerprint density at radius 3 is 2.52 bits per heavy atom. The highest BCUT2D eigenvalue weighted by molar-refractivity contribution is 9.10. The number of H-pyrrole nitrogens is 1. The second kappa shape index (κ2) is 10.1. The zero-order chi connectivity index (χ0) is 22.6. The zero-order valence-electron chi connectivity index (χ0n) is 18.5. The van der Waals surface area contributed by atoms with Crippen LogP contribution in [-0.4, -0.2) is 46.8 Å². The van der Waals surface area contributed by atoms with Gasteiger partial charge in [-0.1, -0.05) is 35.0 Å². The fourth-order valence-corrected chi connectivity index (χ4v) is 3.68. The van der Waals surface area contributed by atoms with Gasteiger partial charge in [-0.25, -0.2) is 9.78 Å². The van der Waals surface area contributed by atoms with Gasteiger partial charge in [0, 0.05) is 22.2 Å². The van der Waals surface area contributed by atoms with E-state index in [1.165, 1.54) is 0 Å². The first-order chi connectivity index (χ1) is 14.7. The maximum atomic E-state index is 12.5. The molecule has 168 valence electrons. The normalized spacial score (nSPS) is 16.2. The van der Waals surface area contributed by atoms with Crippen molar-refractivity contribution in [1.29, 1.82) is 5.41 Å². The summed E-state index contributed by atoms with van der Waals surface area (Å²) in [6.07, 6.45) is 1.59. The lowest BCUT2D eigenvalue weighted by Crippen LogP contribution is -2.31.